The highest BCUT2D eigenvalue weighted by Gasteiger charge is 2.16. The number of hydrogen-bond donors (Lipinski definition) is 1. The largest absolute Gasteiger partial charge is 0.369 e. The fourth-order valence-electron chi connectivity index (χ4n) is 2.25. The third-order valence-corrected chi connectivity index (χ3v) is 3.68. The van der Waals surface area contributed by atoms with Crippen LogP contribution in [0.1, 0.15) is 18.7 Å². The van der Waals surface area contributed by atoms with Gasteiger partial charge in [-0.3, -0.25) is 4.98 Å². The minimum atomic E-state index is 0.0421. The lowest BCUT2D eigenvalue weighted by molar-refractivity contribution is 0.647. The third kappa shape index (κ3) is 2.10. The van der Waals surface area contributed by atoms with Crippen molar-refractivity contribution >= 4 is 32.9 Å². The summed E-state index contributed by atoms with van der Waals surface area (Å²) in [6, 6.07) is 11.9. The second-order valence-electron chi connectivity index (χ2n) is 4.40. The van der Waals surface area contributed by atoms with E-state index in [4.69, 9.17) is 5.73 Å². The maximum atomic E-state index is 6.05. The van der Waals surface area contributed by atoms with Gasteiger partial charge in [-0.1, -0.05) is 22.0 Å². The van der Waals surface area contributed by atoms with Crippen molar-refractivity contribution in [3.63, 3.8) is 0 Å². The Balaban J connectivity index is 2.19. The zero-order chi connectivity index (χ0) is 13.4. The highest BCUT2D eigenvalue weighted by Crippen LogP contribution is 2.28. The van der Waals surface area contributed by atoms with Gasteiger partial charge in [0.2, 0.25) is 5.95 Å². The maximum Gasteiger partial charge on any atom is 0.201 e. The normalized spacial score (nSPS) is 12.7. The minimum absolute atomic E-state index is 0.0421. The van der Waals surface area contributed by atoms with Gasteiger partial charge in [-0.05, 0) is 37.3 Å². The molecule has 3 aromatic rings. The highest BCUT2D eigenvalue weighted by molar-refractivity contribution is 9.10. The average molecular weight is 317 g/mol. The fraction of sp³-hybridized carbons (Fsp3) is 0.143. The summed E-state index contributed by atoms with van der Waals surface area (Å²) in [5, 5.41) is 0. The predicted octanol–water partition coefficient (Wildman–Crippen LogP) is 3.39. The van der Waals surface area contributed by atoms with Crippen LogP contribution in [-0.4, -0.2) is 14.5 Å². The van der Waals surface area contributed by atoms with E-state index in [-0.39, 0.29) is 6.04 Å². The average Bonchev–Trinajstić information content (AvgIpc) is 2.74. The summed E-state index contributed by atoms with van der Waals surface area (Å²) in [4.78, 5) is 8.78. The summed E-state index contributed by atoms with van der Waals surface area (Å²) in [6.45, 7) is 2.07. The van der Waals surface area contributed by atoms with E-state index in [9.17, 15) is 0 Å². The molecule has 0 spiro atoms. The van der Waals surface area contributed by atoms with E-state index in [1.807, 2.05) is 41.0 Å². The molecule has 0 amide bonds. The molecule has 96 valence electrons. The lowest BCUT2D eigenvalue weighted by atomic mass is 10.2. The van der Waals surface area contributed by atoms with Crippen LogP contribution in [-0.2, 0) is 0 Å². The molecule has 0 saturated heterocycles. The number of nitrogens with two attached hydrogens (primary N) is 1. The molecule has 1 atom stereocenters. The van der Waals surface area contributed by atoms with Gasteiger partial charge in [0.05, 0.1) is 22.8 Å². The van der Waals surface area contributed by atoms with Gasteiger partial charge in [0.15, 0.2) is 0 Å². The van der Waals surface area contributed by atoms with Crippen LogP contribution in [0.15, 0.2) is 47.1 Å². The van der Waals surface area contributed by atoms with Crippen LogP contribution in [0.25, 0.3) is 11.0 Å². The molecular formula is C14H13BrN4. The first-order valence-corrected chi connectivity index (χ1v) is 6.80. The maximum absolute atomic E-state index is 6.05. The van der Waals surface area contributed by atoms with Crippen LogP contribution in [0.4, 0.5) is 5.95 Å². The Morgan fingerprint density at radius 3 is 2.84 bits per heavy atom. The van der Waals surface area contributed by atoms with Crippen molar-refractivity contribution in [3.8, 4) is 0 Å². The Labute approximate surface area is 119 Å². The molecular weight excluding hydrogens is 304 g/mol. The van der Waals surface area contributed by atoms with E-state index in [2.05, 4.69) is 32.8 Å². The number of aromatic nitrogens is 3. The monoisotopic (exact) mass is 316 g/mol. The van der Waals surface area contributed by atoms with Gasteiger partial charge >= 0.3 is 0 Å². The summed E-state index contributed by atoms with van der Waals surface area (Å²) < 4.78 is 3.01. The van der Waals surface area contributed by atoms with E-state index in [0.29, 0.717) is 5.95 Å². The lowest BCUT2D eigenvalue weighted by Crippen LogP contribution is -2.11. The Morgan fingerprint density at radius 1 is 1.26 bits per heavy atom. The molecule has 0 bridgehead atoms. The van der Waals surface area contributed by atoms with E-state index in [0.717, 1.165) is 21.2 Å². The van der Waals surface area contributed by atoms with Crippen LogP contribution >= 0.6 is 15.9 Å². The zero-order valence-corrected chi connectivity index (χ0v) is 12.0. The van der Waals surface area contributed by atoms with E-state index in [1.54, 1.807) is 6.20 Å². The Morgan fingerprint density at radius 2 is 2.11 bits per heavy atom. The number of fused-ring (bicyclic) bond motifs is 1. The molecule has 0 fully saturated rings. The SMILES string of the molecule is CC(c1ccccn1)n1c(N)nc2ccc(Br)cc21. The summed E-state index contributed by atoms with van der Waals surface area (Å²) in [5.41, 5.74) is 8.91. The summed E-state index contributed by atoms with van der Waals surface area (Å²) in [7, 11) is 0. The van der Waals surface area contributed by atoms with Crippen molar-refractivity contribution in [1.82, 2.24) is 14.5 Å². The number of halogens is 1. The molecule has 2 N–H and O–H groups in total. The van der Waals surface area contributed by atoms with Gasteiger partial charge < -0.3 is 10.3 Å². The molecule has 1 unspecified atom stereocenters. The number of nitrogen functional groups attached to an aromatic ring is 1. The van der Waals surface area contributed by atoms with Crippen LogP contribution in [0.5, 0.6) is 0 Å². The number of nitrogens with zero attached hydrogens (tertiary/aromatic N) is 3. The molecule has 2 aromatic heterocycles. The quantitative estimate of drug-likeness (QED) is 0.788. The summed E-state index contributed by atoms with van der Waals surface area (Å²) in [6.07, 6.45) is 1.79. The Bertz CT molecular complexity index is 721. The summed E-state index contributed by atoms with van der Waals surface area (Å²) >= 11 is 3.48. The topological polar surface area (TPSA) is 56.7 Å². The molecule has 5 heteroatoms. The van der Waals surface area contributed by atoms with Crippen LogP contribution in [0, 0.1) is 0 Å². The second kappa shape index (κ2) is 4.66. The first kappa shape index (κ1) is 12.2. The molecule has 4 nitrogen and oxygen atoms in total. The lowest BCUT2D eigenvalue weighted by Gasteiger charge is -2.15. The fourth-order valence-corrected chi connectivity index (χ4v) is 2.60. The van der Waals surface area contributed by atoms with Gasteiger partial charge in [-0.2, -0.15) is 0 Å². The highest BCUT2D eigenvalue weighted by atomic mass is 79.9. The van der Waals surface area contributed by atoms with Gasteiger partial charge in [0.25, 0.3) is 0 Å². The van der Waals surface area contributed by atoms with Crippen molar-refractivity contribution in [2.24, 2.45) is 0 Å². The van der Waals surface area contributed by atoms with Crippen molar-refractivity contribution in [3.05, 3.63) is 52.8 Å². The van der Waals surface area contributed by atoms with Gasteiger partial charge in [-0.15, -0.1) is 0 Å². The molecule has 0 aliphatic heterocycles. The van der Waals surface area contributed by atoms with Crippen LogP contribution < -0.4 is 5.73 Å². The molecule has 0 saturated carbocycles. The van der Waals surface area contributed by atoms with Gasteiger partial charge in [-0.25, -0.2) is 4.98 Å². The molecule has 0 radical (unpaired) electrons. The van der Waals surface area contributed by atoms with Crippen LogP contribution in [0.3, 0.4) is 0 Å². The van der Waals surface area contributed by atoms with Gasteiger partial charge in [0.1, 0.15) is 0 Å². The van der Waals surface area contributed by atoms with Crippen molar-refractivity contribution in [1.29, 1.82) is 0 Å². The van der Waals surface area contributed by atoms with Crippen LogP contribution in [0.2, 0.25) is 0 Å². The standard InChI is InChI=1S/C14H13BrN4/c1-9(11-4-2-3-7-17-11)19-13-8-10(15)5-6-12(13)18-14(19)16/h2-9H,1H3,(H2,16,18). The number of rotatable bonds is 2. The summed E-state index contributed by atoms with van der Waals surface area (Å²) in [5.74, 6) is 0.506. The van der Waals surface area contributed by atoms with Crippen molar-refractivity contribution in [2.75, 3.05) is 5.73 Å². The second-order valence-corrected chi connectivity index (χ2v) is 5.32. The number of hydrogen-bond acceptors (Lipinski definition) is 3. The molecule has 0 aliphatic rings. The van der Waals surface area contributed by atoms with E-state index in [1.165, 1.54) is 0 Å². The number of benzene rings is 1. The smallest absolute Gasteiger partial charge is 0.201 e. The molecule has 0 aliphatic carbocycles. The third-order valence-electron chi connectivity index (χ3n) is 3.18. The van der Waals surface area contributed by atoms with Crippen molar-refractivity contribution in [2.45, 2.75) is 13.0 Å². The molecule has 1 aromatic carbocycles. The molecule has 3 rings (SSSR count). The predicted molar refractivity (Wildman–Crippen MR) is 79.9 cm³/mol. The van der Waals surface area contributed by atoms with Crippen molar-refractivity contribution < 1.29 is 0 Å². The number of anilines is 1. The number of imidazole rings is 1. The Kier molecular flexibility index (Phi) is 2.98. The van der Waals surface area contributed by atoms with Gasteiger partial charge in [0, 0.05) is 10.7 Å². The Hall–Kier alpha value is -1.88. The molecule has 19 heavy (non-hydrogen) atoms. The molecule has 2 heterocycles. The minimum Gasteiger partial charge on any atom is -0.369 e. The first-order chi connectivity index (χ1) is 9.16. The van der Waals surface area contributed by atoms with E-state index < -0.39 is 0 Å². The first-order valence-electron chi connectivity index (χ1n) is 6.00. The zero-order valence-electron chi connectivity index (χ0n) is 10.4. The number of pyridine rings is 1. The van der Waals surface area contributed by atoms with E-state index >= 15 is 0 Å².